The molecule has 0 unspecified atom stereocenters. The van der Waals surface area contributed by atoms with Gasteiger partial charge in [-0.2, -0.15) is 19.0 Å². The quantitative estimate of drug-likeness (QED) is 0.0280. The third-order valence-electron chi connectivity index (χ3n) is 14.9. The molecular weight excluding hydrogens is 1120 g/mol. The van der Waals surface area contributed by atoms with Crippen LogP contribution < -0.4 is 30.6 Å². The number of halogens is 4. The van der Waals surface area contributed by atoms with Crippen molar-refractivity contribution in [1.29, 1.82) is 0 Å². The smallest absolute Gasteiger partial charge is 0.355 e. The maximum Gasteiger partial charge on any atom is 0.355 e. The van der Waals surface area contributed by atoms with Crippen LogP contribution in [0, 0.1) is 18.2 Å². The van der Waals surface area contributed by atoms with Crippen molar-refractivity contribution in [3.63, 3.8) is 0 Å². The third kappa shape index (κ3) is 13.7. The number of hydrogen-bond acceptors (Lipinski definition) is 14. The van der Waals surface area contributed by atoms with Crippen LogP contribution in [0.5, 0.6) is 11.5 Å². The van der Waals surface area contributed by atoms with Crippen LogP contribution in [0.25, 0.3) is 43.7 Å². The van der Waals surface area contributed by atoms with Crippen LogP contribution in [-0.2, 0) is 44.5 Å². The third-order valence-corrected chi connectivity index (χ3v) is 16.8. The number of amides is 3. The molecule has 0 radical (unpaired) electrons. The minimum atomic E-state index is -5.08. The molecule has 442 valence electrons. The van der Waals surface area contributed by atoms with Crippen molar-refractivity contribution in [3.05, 3.63) is 107 Å². The standard InChI is InChI=1S/C58H67F4N11O8S2/c1-33-50(82-32-66-33)37-12-13-38(27-65-53(75)44-26-41(74)31-73(44)54(76)51(57(3,4)5)68-55(77)58(62)20-21-58)45(25-37)80-23-11-9-7-8-10-22-72-30-39(28-67-72)42-29-64-52(63)47-48(69-71(6)49(42)47)36-16-19-43(70-83(78,79)56(60)61)46(24-36)81-34(2)35-14-17-40(59)18-15-35/h12-19,24-25,28-30,32,34,41,44,51,56,70,74H,7-11,20-23,26-27,31H2,1-6H3,(H2,63,64)(H,65,75)(H,68,77)/t34-,41+,44-,51+/m0/s1. The second kappa shape index (κ2) is 24.7. The molecule has 0 spiro atoms. The molecule has 0 bridgehead atoms. The molecule has 3 aromatic carbocycles. The van der Waals surface area contributed by atoms with E-state index in [1.54, 1.807) is 57.3 Å². The van der Waals surface area contributed by atoms with Gasteiger partial charge < -0.3 is 35.8 Å². The lowest BCUT2D eigenvalue weighted by Gasteiger charge is -2.35. The van der Waals surface area contributed by atoms with Gasteiger partial charge in [-0.25, -0.2) is 27.2 Å². The summed E-state index contributed by atoms with van der Waals surface area (Å²) in [7, 11) is -3.35. The number of nitrogens with two attached hydrogens (primary N) is 1. The number of anilines is 2. The number of likely N-dealkylation sites (tertiary alicyclic amines) is 1. The van der Waals surface area contributed by atoms with E-state index in [4.69, 9.17) is 20.3 Å². The molecule has 4 atom stereocenters. The van der Waals surface area contributed by atoms with Crippen molar-refractivity contribution in [1.82, 2.24) is 45.1 Å². The minimum absolute atomic E-state index is 0.000567. The molecule has 1 aliphatic heterocycles. The molecule has 2 fully saturated rings. The molecule has 4 aromatic heterocycles. The summed E-state index contributed by atoms with van der Waals surface area (Å²) >= 11 is 1.51. The number of nitrogens with one attached hydrogen (secondary N) is 3. The maximum absolute atomic E-state index is 14.7. The summed E-state index contributed by atoms with van der Waals surface area (Å²) < 4.78 is 98.0. The first-order valence-corrected chi connectivity index (χ1v) is 29.8. The Hall–Kier alpha value is -7.64. The van der Waals surface area contributed by atoms with Crippen molar-refractivity contribution in [3.8, 4) is 44.3 Å². The summed E-state index contributed by atoms with van der Waals surface area (Å²) in [6, 6.07) is 13.4. The Bertz CT molecular complexity index is 3620. The van der Waals surface area contributed by atoms with Gasteiger partial charge >= 0.3 is 5.76 Å². The lowest BCUT2D eigenvalue weighted by Crippen LogP contribution is -2.59. The molecule has 6 N–H and O–H groups in total. The number of aliphatic hydroxyl groups is 1. The topological polar surface area (TPSA) is 251 Å². The number of carbonyl (C=O) groups excluding carboxylic acids is 3. The number of nitrogens with zero attached hydrogens (tertiary/aromatic N) is 7. The fraction of sp³-hybridized carbons (Fsp3) is 0.431. The second-order valence-corrected chi connectivity index (χ2v) is 24.7. The minimum Gasteiger partial charge on any atom is -0.493 e. The summed E-state index contributed by atoms with van der Waals surface area (Å²) in [5.41, 5.74) is 11.1. The lowest BCUT2D eigenvalue weighted by molar-refractivity contribution is -0.145. The zero-order valence-electron chi connectivity index (χ0n) is 46.8. The lowest BCUT2D eigenvalue weighted by atomic mass is 9.85. The largest absolute Gasteiger partial charge is 0.493 e. The van der Waals surface area contributed by atoms with Gasteiger partial charge in [0.15, 0.2) is 5.67 Å². The molecule has 1 saturated carbocycles. The number of hydrogen-bond donors (Lipinski definition) is 5. The molecular formula is C58H67F4N11O8S2. The normalized spacial score (nSPS) is 16.7. The summed E-state index contributed by atoms with van der Waals surface area (Å²) in [6.07, 6.45) is 8.04. The summed E-state index contributed by atoms with van der Waals surface area (Å²) in [4.78, 5) is 51.8. The van der Waals surface area contributed by atoms with Gasteiger partial charge in [0.25, 0.3) is 15.9 Å². The van der Waals surface area contributed by atoms with E-state index >= 15 is 0 Å². The molecule has 9 rings (SSSR count). The van der Waals surface area contributed by atoms with Crippen LogP contribution in [0.15, 0.2) is 84.8 Å². The zero-order valence-corrected chi connectivity index (χ0v) is 48.4. The highest BCUT2D eigenvalue weighted by atomic mass is 32.2. The van der Waals surface area contributed by atoms with E-state index in [2.05, 4.69) is 25.7 Å². The predicted octanol–water partition coefficient (Wildman–Crippen LogP) is 9.40. The zero-order chi connectivity index (χ0) is 59.5. The first-order chi connectivity index (χ1) is 39.4. The number of nitrogen functional groups attached to an aromatic ring is 1. The average molecular weight is 1190 g/mol. The summed E-state index contributed by atoms with van der Waals surface area (Å²) in [6.45, 7) is 9.84. The highest BCUT2D eigenvalue weighted by Gasteiger charge is 2.53. The molecule has 7 aromatic rings. The van der Waals surface area contributed by atoms with Crippen molar-refractivity contribution in [2.45, 2.75) is 135 Å². The van der Waals surface area contributed by atoms with E-state index in [-0.39, 0.29) is 49.6 Å². The van der Waals surface area contributed by atoms with Crippen LogP contribution in [0.4, 0.5) is 29.1 Å². The van der Waals surface area contributed by atoms with Crippen molar-refractivity contribution in [2.24, 2.45) is 12.5 Å². The fourth-order valence-electron chi connectivity index (χ4n) is 10.1. The van der Waals surface area contributed by atoms with E-state index in [1.807, 2.05) is 40.7 Å². The first kappa shape index (κ1) is 60.0. The number of pyridine rings is 1. The summed E-state index contributed by atoms with van der Waals surface area (Å²) in [5, 5.41) is 26.1. The van der Waals surface area contributed by atoms with Gasteiger partial charge in [0.05, 0.1) is 51.6 Å². The number of benzene rings is 3. The number of thiazole rings is 1. The Labute approximate surface area is 482 Å². The Morgan fingerprint density at radius 3 is 2.36 bits per heavy atom. The van der Waals surface area contributed by atoms with E-state index in [0.717, 1.165) is 53.8 Å². The number of rotatable bonds is 24. The van der Waals surface area contributed by atoms with Gasteiger partial charge in [-0.1, -0.05) is 70.4 Å². The molecule has 83 heavy (non-hydrogen) atoms. The SMILES string of the molecule is Cc1ncsc1-c1ccc(CNC(=O)[C@@H]2C[C@@H](O)CN2C(=O)[C@@H](NC(=O)C2(F)CC2)C(C)(C)C)c(OCCCCCCCn2cc(-c3cnc(N)c4c(-c5ccc(NS(=O)(=O)C(F)F)c(O[C@@H](C)c6ccc(F)cc6)c5)nn(C)c34)cn2)c1. The number of carbonyl (C=O) groups is 3. The monoisotopic (exact) mass is 1190 g/mol. The van der Waals surface area contributed by atoms with Gasteiger partial charge in [0.1, 0.15) is 47.0 Å². The number of alkyl halides is 3. The Kier molecular flexibility index (Phi) is 17.8. The Morgan fingerprint density at radius 2 is 1.66 bits per heavy atom. The van der Waals surface area contributed by atoms with Crippen molar-refractivity contribution < 1.29 is 54.9 Å². The van der Waals surface area contributed by atoms with Gasteiger partial charge in [-0.05, 0) is 86.4 Å². The number of fused-ring (bicyclic) bond motifs is 1. The molecule has 19 nitrogen and oxygen atoms in total. The number of aromatic nitrogens is 6. The fourth-order valence-corrected chi connectivity index (χ4v) is 11.4. The van der Waals surface area contributed by atoms with Gasteiger partial charge in [0.2, 0.25) is 11.8 Å². The molecule has 2 aliphatic rings. The van der Waals surface area contributed by atoms with E-state index in [1.165, 1.54) is 58.7 Å². The molecule has 25 heteroatoms. The highest BCUT2D eigenvalue weighted by molar-refractivity contribution is 7.93. The number of ether oxygens (including phenoxy) is 2. The van der Waals surface area contributed by atoms with Crippen LogP contribution in [-0.4, -0.2) is 108 Å². The van der Waals surface area contributed by atoms with Crippen LogP contribution in [0.3, 0.4) is 0 Å². The van der Waals surface area contributed by atoms with Gasteiger partial charge in [-0.15, -0.1) is 11.3 Å². The predicted molar refractivity (Wildman–Crippen MR) is 307 cm³/mol. The molecule has 1 saturated heterocycles. The van der Waals surface area contributed by atoms with Crippen molar-refractivity contribution >= 4 is 61.5 Å². The number of β-amino-alcohol motifs (C(OH)–C–C–N with tert-alkyl or cyclic N) is 1. The van der Waals surface area contributed by atoms with E-state index in [9.17, 15) is 45.5 Å². The average Bonchev–Trinajstić information content (AvgIpc) is 2.74. The highest BCUT2D eigenvalue weighted by Crippen LogP contribution is 2.42. The summed E-state index contributed by atoms with van der Waals surface area (Å²) in [5.74, 6) is -5.42. The second-order valence-electron chi connectivity index (χ2n) is 22.2. The molecule has 1 aliphatic carbocycles. The first-order valence-electron chi connectivity index (χ1n) is 27.3. The van der Waals surface area contributed by atoms with Gasteiger partial charge in [0, 0.05) is 67.8 Å². The molecule has 3 amide bonds. The number of aryl methyl sites for hydroxylation is 3. The maximum atomic E-state index is 14.7. The van der Waals surface area contributed by atoms with Crippen molar-refractivity contribution in [2.75, 3.05) is 23.6 Å². The van der Waals surface area contributed by atoms with Crippen LogP contribution in [0.2, 0.25) is 0 Å². The van der Waals surface area contributed by atoms with E-state index in [0.29, 0.717) is 57.8 Å². The number of sulfonamides is 1. The number of aliphatic hydroxyl groups excluding tert-OH is 1. The molecule has 5 heterocycles. The van der Waals surface area contributed by atoms with Crippen LogP contribution >= 0.6 is 11.3 Å². The van der Waals surface area contributed by atoms with E-state index < -0.39 is 74.7 Å². The van der Waals surface area contributed by atoms with Gasteiger partial charge in [-0.3, -0.25) is 28.5 Å². The van der Waals surface area contributed by atoms with Crippen LogP contribution in [0.1, 0.15) is 102 Å². The number of unbranched alkanes of at least 4 members (excludes halogenated alkanes) is 4. The Balaban J connectivity index is 0.807. The Morgan fingerprint density at radius 1 is 0.952 bits per heavy atom.